The normalized spacial score (nSPS) is 9.64. The number of hydrogen-bond acceptors (Lipinski definition) is 1. The zero-order chi connectivity index (χ0) is 8.10. The predicted octanol–water partition coefficient (Wildman–Crippen LogP) is 2.46. The van der Waals surface area contributed by atoms with Crippen molar-refractivity contribution in [2.24, 2.45) is 0 Å². The van der Waals surface area contributed by atoms with Crippen molar-refractivity contribution < 1.29 is 4.74 Å². The highest BCUT2D eigenvalue weighted by Crippen LogP contribution is 2.13. The summed E-state index contributed by atoms with van der Waals surface area (Å²) >= 11 is 0. The molecule has 0 saturated carbocycles. The van der Waals surface area contributed by atoms with E-state index in [1.807, 2.05) is 12.1 Å². The van der Waals surface area contributed by atoms with Gasteiger partial charge in [0.25, 0.3) is 0 Å². The van der Waals surface area contributed by atoms with E-state index in [9.17, 15) is 0 Å². The number of rotatable bonds is 3. The van der Waals surface area contributed by atoms with Gasteiger partial charge in [-0.25, -0.2) is 0 Å². The highest BCUT2D eigenvalue weighted by atomic mass is 16.5. The second-order valence-corrected chi connectivity index (χ2v) is 2.46. The molecule has 0 amide bonds. The fourth-order valence-electron chi connectivity index (χ4n) is 1.04. The van der Waals surface area contributed by atoms with Crippen LogP contribution in [0.15, 0.2) is 24.3 Å². The Morgan fingerprint density at radius 2 is 2.27 bits per heavy atom. The molecule has 0 aliphatic rings. The topological polar surface area (TPSA) is 9.23 Å². The molecule has 1 nitrogen and oxygen atoms in total. The van der Waals surface area contributed by atoms with Gasteiger partial charge in [0.05, 0.1) is 7.11 Å². The van der Waals surface area contributed by atoms with Gasteiger partial charge in [-0.1, -0.05) is 19.1 Å². The third-order valence-corrected chi connectivity index (χ3v) is 1.57. The van der Waals surface area contributed by atoms with Crippen LogP contribution in [-0.2, 0) is 6.42 Å². The van der Waals surface area contributed by atoms with E-state index in [-0.39, 0.29) is 0 Å². The quantitative estimate of drug-likeness (QED) is 0.641. The van der Waals surface area contributed by atoms with Gasteiger partial charge in [-0.05, 0) is 30.5 Å². The molecule has 0 aliphatic carbocycles. The molecule has 1 aromatic carbocycles. The highest BCUT2D eigenvalue weighted by Gasteiger charge is 1.92. The lowest BCUT2D eigenvalue weighted by atomic mass is 10.1. The maximum Gasteiger partial charge on any atom is 0.119 e. The smallest absolute Gasteiger partial charge is 0.119 e. The van der Waals surface area contributed by atoms with Gasteiger partial charge >= 0.3 is 0 Å². The summed E-state index contributed by atoms with van der Waals surface area (Å²) in [6.45, 7) is 2.06. The number of methoxy groups -OCH3 is 1. The minimum absolute atomic E-state index is 0.935. The van der Waals surface area contributed by atoms with Crippen LogP contribution >= 0.6 is 0 Å². The molecule has 0 atom stereocenters. The van der Waals surface area contributed by atoms with Crippen LogP contribution in [0.2, 0.25) is 0 Å². The van der Waals surface area contributed by atoms with Crippen LogP contribution in [0.4, 0.5) is 0 Å². The number of hydrogen-bond donors (Lipinski definition) is 0. The van der Waals surface area contributed by atoms with Gasteiger partial charge in [0, 0.05) is 0 Å². The molecule has 0 aliphatic heterocycles. The molecular weight excluding hydrogens is 136 g/mol. The van der Waals surface area contributed by atoms with E-state index in [4.69, 9.17) is 4.74 Å². The summed E-state index contributed by atoms with van der Waals surface area (Å²) < 4.78 is 5.09. The van der Waals surface area contributed by atoms with Crippen molar-refractivity contribution in [2.45, 2.75) is 13.3 Å². The van der Waals surface area contributed by atoms with Crippen molar-refractivity contribution in [3.63, 3.8) is 0 Å². The standard InChI is InChI=1S/C10H13O/c1-3-5-9-6-4-7-10(8-9)11-2/h3-4,6-8H,5H2,1-2H3. The van der Waals surface area contributed by atoms with E-state index in [1.165, 1.54) is 5.56 Å². The Kier molecular flexibility index (Phi) is 2.96. The summed E-state index contributed by atoms with van der Waals surface area (Å²) in [4.78, 5) is 0. The van der Waals surface area contributed by atoms with E-state index in [0.717, 1.165) is 12.2 Å². The first-order valence-electron chi connectivity index (χ1n) is 3.77. The molecule has 0 N–H and O–H groups in total. The Balaban J connectivity index is 2.74. The Morgan fingerprint density at radius 3 is 2.91 bits per heavy atom. The Labute approximate surface area is 68.0 Å². The van der Waals surface area contributed by atoms with E-state index < -0.39 is 0 Å². The van der Waals surface area contributed by atoms with Gasteiger partial charge in [0.2, 0.25) is 0 Å². The molecule has 0 aromatic heterocycles. The summed E-state index contributed by atoms with van der Waals surface area (Å²) in [5.41, 5.74) is 1.30. The molecule has 0 bridgehead atoms. The molecule has 0 spiro atoms. The predicted molar refractivity (Wildman–Crippen MR) is 46.7 cm³/mol. The van der Waals surface area contributed by atoms with Crippen molar-refractivity contribution in [3.05, 3.63) is 36.2 Å². The van der Waals surface area contributed by atoms with E-state index in [2.05, 4.69) is 25.5 Å². The Hall–Kier alpha value is -0.980. The maximum absolute atomic E-state index is 5.09. The molecule has 1 radical (unpaired) electrons. The highest BCUT2D eigenvalue weighted by molar-refractivity contribution is 5.28. The molecule has 1 heteroatoms. The van der Waals surface area contributed by atoms with E-state index >= 15 is 0 Å². The molecule has 1 aromatic rings. The van der Waals surface area contributed by atoms with Gasteiger partial charge in [0.15, 0.2) is 0 Å². The van der Waals surface area contributed by atoms with Crippen LogP contribution in [0, 0.1) is 6.42 Å². The zero-order valence-corrected chi connectivity index (χ0v) is 7.00. The number of ether oxygens (including phenoxy) is 1. The van der Waals surface area contributed by atoms with Crippen molar-refractivity contribution >= 4 is 0 Å². The van der Waals surface area contributed by atoms with Crippen molar-refractivity contribution in [1.82, 2.24) is 0 Å². The molecule has 0 heterocycles. The molecule has 11 heavy (non-hydrogen) atoms. The molecule has 0 fully saturated rings. The molecule has 1 rings (SSSR count). The van der Waals surface area contributed by atoms with Crippen LogP contribution in [0.3, 0.4) is 0 Å². The average molecular weight is 149 g/mol. The fourth-order valence-corrected chi connectivity index (χ4v) is 1.04. The van der Waals surface area contributed by atoms with Gasteiger partial charge in [-0.2, -0.15) is 0 Å². The fraction of sp³-hybridized carbons (Fsp3) is 0.300. The van der Waals surface area contributed by atoms with E-state index in [0.29, 0.717) is 0 Å². The monoisotopic (exact) mass is 149 g/mol. The SMILES string of the molecule is C[CH]Cc1cccc(OC)c1. The summed E-state index contributed by atoms with van der Waals surface area (Å²) in [5, 5.41) is 0. The zero-order valence-electron chi connectivity index (χ0n) is 7.00. The largest absolute Gasteiger partial charge is 0.497 e. The van der Waals surface area contributed by atoms with E-state index in [1.54, 1.807) is 7.11 Å². The molecule has 0 unspecified atom stereocenters. The minimum atomic E-state index is 0.935. The first-order valence-corrected chi connectivity index (χ1v) is 3.77. The average Bonchev–Trinajstić information content (AvgIpc) is 2.06. The van der Waals surface area contributed by atoms with Gasteiger partial charge in [-0.15, -0.1) is 0 Å². The lowest BCUT2D eigenvalue weighted by Gasteiger charge is -2.01. The van der Waals surface area contributed by atoms with Crippen LogP contribution in [0.1, 0.15) is 12.5 Å². The maximum atomic E-state index is 5.09. The second kappa shape index (κ2) is 4.02. The van der Waals surface area contributed by atoms with Crippen LogP contribution < -0.4 is 4.74 Å². The molecule has 59 valence electrons. The van der Waals surface area contributed by atoms with Gasteiger partial charge in [0.1, 0.15) is 5.75 Å². The van der Waals surface area contributed by atoms with Gasteiger partial charge in [-0.3, -0.25) is 0 Å². The lowest BCUT2D eigenvalue weighted by molar-refractivity contribution is 0.414. The second-order valence-electron chi connectivity index (χ2n) is 2.46. The first-order chi connectivity index (χ1) is 5.36. The summed E-state index contributed by atoms with van der Waals surface area (Å²) in [6, 6.07) is 8.12. The Morgan fingerprint density at radius 1 is 1.45 bits per heavy atom. The summed E-state index contributed by atoms with van der Waals surface area (Å²) in [5.74, 6) is 0.935. The summed E-state index contributed by atoms with van der Waals surface area (Å²) in [6.07, 6.45) is 3.14. The van der Waals surface area contributed by atoms with Crippen LogP contribution in [0.5, 0.6) is 5.75 Å². The third-order valence-electron chi connectivity index (χ3n) is 1.57. The Bertz CT molecular complexity index is 218. The summed E-state index contributed by atoms with van der Waals surface area (Å²) in [7, 11) is 1.69. The first kappa shape index (κ1) is 8.12. The van der Waals surface area contributed by atoms with Crippen molar-refractivity contribution in [3.8, 4) is 5.75 Å². The third kappa shape index (κ3) is 2.26. The lowest BCUT2D eigenvalue weighted by Crippen LogP contribution is -1.86. The van der Waals surface area contributed by atoms with Crippen LogP contribution in [-0.4, -0.2) is 7.11 Å². The van der Waals surface area contributed by atoms with Crippen LogP contribution in [0.25, 0.3) is 0 Å². The number of benzene rings is 1. The minimum Gasteiger partial charge on any atom is -0.497 e. The molecular formula is C10H13O. The van der Waals surface area contributed by atoms with Gasteiger partial charge < -0.3 is 4.74 Å². The molecule has 0 saturated heterocycles. The van der Waals surface area contributed by atoms with Crippen molar-refractivity contribution in [1.29, 1.82) is 0 Å². The van der Waals surface area contributed by atoms with Crippen molar-refractivity contribution in [2.75, 3.05) is 7.11 Å².